The topological polar surface area (TPSA) is 164 Å². The van der Waals surface area contributed by atoms with Gasteiger partial charge in [0.05, 0.1) is 0 Å². The summed E-state index contributed by atoms with van der Waals surface area (Å²) in [5.74, 6) is -2.69. The minimum Gasteiger partial charge on any atom is -0.480 e. The number of rotatable bonds is 17. The molecule has 0 radical (unpaired) electrons. The van der Waals surface area contributed by atoms with E-state index in [4.69, 9.17) is 0 Å². The lowest BCUT2D eigenvalue weighted by molar-refractivity contribution is -0.142. The number of carboxylic acids is 2. The van der Waals surface area contributed by atoms with Crippen molar-refractivity contribution in [3.63, 3.8) is 0 Å². The molecule has 0 aliphatic rings. The number of amides is 2. The highest BCUT2D eigenvalue weighted by Crippen LogP contribution is 2.20. The Labute approximate surface area is 243 Å². The molecule has 0 unspecified atom stereocenters. The Hall–Kier alpha value is -4.60. The van der Waals surface area contributed by atoms with Crippen LogP contribution in [0.15, 0.2) is 60.9 Å². The second-order valence-electron chi connectivity index (χ2n) is 10.7. The standard InChI is InChI=1S/C32H38N4O6/c37-29(35-27(31(39)40)17-21-19-33-25-13-9-7-11-23(21)25)15-5-3-1-2-4-6-16-30(38)36-28(32(41)42)18-22-20-34-26-14-10-8-12-24(22)26/h7-14,19-20,27-28,33-34H,1-6,15-18H2,(H,35,37)(H,36,38)(H,39,40)(H,41,42)/t27-,28-/m0/s1. The van der Waals surface area contributed by atoms with E-state index in [1.807, 2.05) is 48.5 Å². The normalized spacial score (nSPS) is 12.7. The molecule has 42 heavy (non-hydrogen) atoms. The third kappa shape index (κ3) is 8.45. The molecule has 2 atom stereocenters. The summed E-state index contributed by atoms with van der Waals surface area (Å²) in [7, 11) is 0. The van der Waals surface area contributed by atoms with Crippen molar-refractivity contribution < 1.29 is 29.4 Å². The summed E-state index contributed by atoms with van der Waals surface area (Å²) in [4.78, 5) is 54.5. The van der Waals surface area contributed by atoms with Gasteiger partial charge in [0.25, 0.3) is 0 Å². The average Bonchev–Trinajstić information content (AvgIpc) is 3.57. The molecule has 0 aliphatic carbocycles. The Bertz CT molecular complexity index is 1410. The maximum absolute atomic E-state index is 12.4. The minimum atomic E-state index is -1.06. The third-order valence-corrected chi connectivity index (χ3v) is 7.52. The van der Waals surface area contributed by atoms with Crippen molar-refractivity contribution in [1.29, 1.82) is 0 Å². The lowest BCUT2D eigenvalue weighted by atomic mass is 10.0. The highest BCUT2D eigenvalue weighted by molar-refractivity contribution is 5.88. The summed E-state index contributed by atoms with van der Waals surface area (Å²) in [5.41, 5.74) is 3.54. The summed E-state index contributed by atoms with van der Waals surface area (Å²) >= 11 is 0. The molecule has 0 aliphatic heterocycles. The molecule has 222 valence electrons. The number of carboxylic acid groups (broad SMARTS) is 2. The SMILES string of the molecule is O=C(CCCCCCCCC(=O)N[C@@H](Cc1c[nH]c2ccccc12)C(=O)O)N[C@@H](Cc1c[nH]c2ccccc12)C(=O)O. The zero-order valence-corrected chi connectivity index (χ0v) is 23.5. The molecule has 4 rings (SSSR count). The fraction of sp³-hybridized carbons (Fsp3) is 0.375. The highest BCUT2D eigenvalue weighted by atomic mass is 16.4. The maximum Gasteiger partial charge on any atom is 0.326 e. The molecule has 10 nitrogen and oxygen atoms in total. The molecule has 0 spiro atoms. The van der Waals surface area contributed by atoms with Crippen molar-refractivity contribution in [2.24, 2.45) is 0 Å². The Kier molecular flexibility index (Phi) is 10.7. The molecule has 0 saturated carbocycles. The van der Waals surface area contributed by atoms with Crippen LogP contribution < -0.4 is 10.6 Å². The molecule has 2 aromatic carbocycles. The molecule has 2 heterocycles. The molecule has 0 saturated heterocycles. The van der Waals surface area contributed by atoms with Crippen molar-refractivity contribution in [2.75, 3.05) is 0 Å². The van der Waals surface area contributed by atoms with E-state index in [2.05, 4.69) is 20.6 Å². The zero-order chi connectivity index (χ0) is 29.9. The molecule has 6 N–H and O–H groups in total. The Morgan fingerprint density at radius 2 is 0.976 bits per heavy atom. The third-order valence-electron chi connectivity index (χ3n) is 7.52. The van der Waals surface area contributed by atoms with Gasteiger partial charge in [-0.3, -0.25) is 9.59 Å². The first-order valence-electron chi connectivity index (χ1n) is 14.5. The Morgan fingerprint density at radius 1 is 0.595 bits per heavy atom. The fourth-order valence-electron chi connectivity index (χ4n) is 5.25. The number of hydrogen-bond donors (Lipinski definition) is 6. The van der Waals surface area contributed by atoms with Crippen LogP contribution in [0.4, 0.5) is 0 Å². The quantitative estimate of drug-likeness (QED) is 0.100. The van der Waals surface area contributed by atoms with Gasteiger partial charge in [0.1, 0.15) is 12.1 Å². The van der Waals surface area contributed by atoms with Gasteiger partial charge < -0.3 is 30.8 Å². The largest absolute Gasteiger partial charge is 0.480 e. The maximum atomic E-state index is 12.4. The van der Waals surface area contributed by atoms with Gasteiger partial charge in [0, 0.05) is 59.9 Å². The summed E-state index contributed by atoms with van der Waals surface area (Å²) < 4.78 is 0. The van der Waals surface area contributed by atoms with E-state index in [9.17, 15) is 29.4 Å². The van der Waals surface area contributed by atoms with Crippen LogP contribution in [0, 0.1) is 0 Å². The van der Waals surface area contributed by atoms with E-state index in [-0.39, 0.29) is 37.5 Å². The van der Waals surface area contributed by atoms with Crippen molar-refractivity contribution in [3.8, 4) is 0 Å². The minimum absolute atomic E-state index is 0.203. The van der Waals surface area contributed by atoms with Crippen molar-refractivity contribution in [3.05, 3.63) is 72.1 Å². The van der Waals surface area contributed by atoms with E-state index in [1.54, 1.807) is 12.4 Å². The summed E-state index contributed by atoms with van der Waals surface area (Å²) in [6, 6.07) is 13.3. The Morgan fingerprint density at radius 3 is 1.38 bits per heavy atom. The van der Waals surface area contributed by atoms with Crippen LogP contribution in [0.2, 0.25) is 0 Å². The Balaban J connectivity index is 1.08. The summed E-state index contributed by atoms with van der Waals surface area (Å²) in [6.07, 6.45) is 9.23. The predicted octanol–water partition coefficient (Wildman–Crippen LogP) is 4.69. The van der Waals surface area contributed by atoms with Gasteiger partial charge in [0.15, 0.2) is 0 Å². The van der Waals surface area contributed by atoms with Gasteiger partial charge >= 0.3 is 11.9 Å². The first-order chi connectivity index (χ1) is 20.3. The van der Waals surface area contributed by atoms with E-state index in [0.717, 1.165) is 58.6 Å². The number of H-pyrrole nitrogens is 2. The molecule has 0 fully saturated rings. The number of unbranched alkanes of at least 4 members (excludes halogenated alkanes) is 5. The number of fused-ring (bicyclic) bond motifs is 2. The van der Waals surface area contributed by atoms with E-state index in [0.29, 0.717) is 12.8 Å². The summed E-state index contributed by atoms with van der Waals surface area (Å²) in [6.45, 7) is 0. The highest BCUT2D eigenvalue weighted by Gasteiger charge is 2.23. The lowest BCUT2D eigenvalue weighted by Crippen LogP contribution is -2.42. The fourth-order valence-corrected chi connectivity index (χ4v) is 5.25. The number of nitrogens with one attached hydrogen (secondary N) is 4. The molecular weight excluding hydrogens is 536 g/mol. The number of benzene rings is 2. The molecular formula is C32H38N4O6. The number of aromatic nitrogens is 2. The van der Waals surface area contributed by atoms with Crippen molar-refractivity contribution in [2.45, 2.75) is 76.3 Å². The number of carbonyl (C=O) groups is 4. The molecule has 0 bridgehead atoms. The van der Waals surface area contributed by atoms with Crippen LogP contribution in [0.3, 0.4) is 0 Å². The van der Waals surface area contributed by atoms with Gasteiger partial charge in [-0.2, -0.15) is 0 Å². The van der Waals surface area contributed by atoms with Crippen molar-refractivity contribution in [1.82, 2.24) is 20.6 Å². The van der Waals surface area contributed by atoms with Gasteiger partial charge in [0.2, 0.25) is 11.8 Å². The summed E-state index contributed by atoms with van der Waals surface area (Å²) in [5, 5.41) is 26.4. The van der Waals surface area contributed by atoms with E-state index >= 15 is 0 Å². The van der Waals surface area contributed by atoms with E-state index in [1.165, 1.54) is 0 Å². The van der Waals surface area contributed by atoms with Crippen LogP contribution in [0.1, 0.15) is 62.5 Å². The predicted molar refractivity (Wildman–Crippen MR) is 160 cm³/mol. The van der Waals surface area contributed by atoms with Crippen LogP contribution in [0.5, 0.6) is 0 Å². The van der Waals surface area contributed by atoms with Crippen LogP contribution in [-0.4, -0.2) is 56.0 Å². The molecule has 2 amide bonds. The second-order valence-corrected chi connectivity index (χ2v) is 10.7. The molecule has 2 aromatic heterocycles. The van der Waals surface area contributed by atoms with E-state index < -0.39 is 24.0 Å². The van der Waals surface area contributed by atoms with Gasteiger partial charge in [-0.25, -0.2) is 9.59 Å². The second kappa shape index (κ2) is 14.9. The number of hydrogen-bond acceptors (Lipinski definition) is 4. The number of aromatic amines is 2. The van der Waals surface area contributed by atoms with Crippen molar-refractivity contribution >= 4 is 45.6 Å². The molecule has 4 aromatic rings. The first-order valence-corrected chi connectivity index (χ1v) is 14.5. The number of carbonyl (C=O) groups excluding carboxylic acids is 2. The number of aliphatic carboxylic acids is 2. The van der Waals surface area contributed by atoms with Crippen LogP contribution in [-0.2, 0) is 32.0 Å². The van der Waals surface area contributed by atoms with Gasteiger partial charge in [-0.05, 0) is 36.1 Å². The van der Waals surface area contributed by atoms with Crippen LogP contribution >= 0.6 is 0 Å². The monoisotopic (exact) mass is 574 g/mol. The number of para-hydroxylation sites is 2. The smallest absolute Gasteiger partial charge is 0.326 e. The van der Waals surface area contributed by atoms with Crippen LogP contribution in [0.25, 0.3) is 21.8 Å². The van der Waals surface area contributed by atoms with Gasteiger partial charge in [-0.1, -0.05) is 62.1 Å². The van der Waals surface area contributed by atoms with Gasteiger partial charge in [-0.15, -0.1) is 0 Å². The average molecular weight is 575 g/mol. The zero-order valence-electron chi connectivity index (χ0n) is 23.5. The first kappa shape index (κ1) is 30.4. The lowest BCUT2D eigenvalue weighted by Gasteiger charge is -2.14. The molecule has 10 heteroatoms.